The molecule has 1 heterocycles. The highest BCUT2D eigenvalue weighted by atomic mass is 16.3. The molecule has 16 heavy (non-hydrogen) atoms. The topological polar surface area (TPSA) is 33.1 Å². The molecule has 1 unspecified atom stereocenters. The fraction of sp³-hybridized carbons (Fsp3) is 0.214. The number of hydrogen-bond acceptors (Lipinski definition) is 2. The first-order valence-corrected chi connectivity index (χ1v) is 5.35. The molecule has 0 aliphatic rings. The van der Waals surface area contributed by atoms with Crippen LogP contribution in [-0.2, 0) is 0 Å². The fourth-order valence-electron chi connectivity index (χ4n) is 1.77. The molecule has 0 saturated heterocycles. The molecule has 0 radical (unpaired) electrons. The van der Waals surface area contributed by atoms with Gasteiger partial charge in [-0.15, -0.1) is 0 Å². The monoisotopic (exact) mass is 213 g/mol. The molecule has 2 aromatic rings. The molecular weight excluding hydrogens is 198 g/mol. The Kier molecular flexibility index (Phi) is 3.02. The summed E-state index contributed by atoms with van der Waals surface area (Å²) in [5, 5.41) is 11.1. The van der Waals surface area contributed by atoms with Crippen molar-refractivity contribution in [2.75, 3.05) is 0 Å². The smallest absolute Gasteiger partial charge is 0.0995 e. The second kappa shape index (κ2) is 4.45. The second-order valence-corrected chi connectivity index (χ2v) is 4.11. The number of aromatic nitrogens is 1. The van der Waals surface area contributed by atoms with Gasteiger partial charge in [0, 0.05) is 17.1 Å². The molecule has 0 spiro atoms. The maximum Gasteiger partial charge on any atom is 0.0995 e. The number of aliphatic hydroxyl groups excluding tert-OH is 1. The number of aliphatic hydroxyl groups is 1. The molecule has 1 N–H and O–H groups in total. The lowest BCUT2D eigenvalue weighted by Gasteiger charge is -2.09. The van der Waals surface area contributed by atoms with Crippen molar-refractivity contribution >= 4 is 10.9 Å². The predicted molar refractivity (Wildman–Crippen MR) is 66.1 cm³/mol. The standard InChI is InChI=1S/C14H15NO/c1-10(2)9-13(16)12-7-3-5-11-6-4-8-15-14(11)12/h3-9,13,16H,1-2H3. The highest BCUT2D eigenvalue weighted by Gasteiger charge is 2.08. The maximum absolute atomic E-state index is 10.1. The molecule has 2 nitrogen and oxygen atoms in total. The minimum atomic E-state index is -0.580. The highest BCUT2D eigenvalue weighted by Crippen LogP contribution is 2.23. The SMILES string of the molecule is CC(C)=CC(O)c1cccc2cccnc12. The first-order valence-electron chi connectivity index (χ1n) is 5.35. The van der Waals surface area contributed by atoms with Crippen LogP contribution in [-0.4, -0.2) is 10.1 Å². The molecule has 0 amide bonds. The molecule has 0 saturated carbocycles. The zero-order valence-corrected chi connectivity index (χ0v) is 9.51. The van der Waals surface area contributed by atoms with E-state index in [1.165, 1.54) is 0 Å². The third kappa shape index (κ3) is 2.12. The molecule has 1 atom stereocenters. The van der Waals surface area contributed by atoms with Crippen molar-refractivity contribution in [3.63, 3.8) is 0 Å². The van der Waals surface area contributed by atoms with Gasteiger partial charge in [-0.25, -0.2) is 0 Å². The van der Waals surface area contributed by atoms with Crippen molar-refractivity contribution in [1.82, 2.24) is 4.98 Å². The number of nitrogens with zero attached hydrogens (tertiary/aromatic N) is 1. The lowest BCUT2D eigenvalue weighted by molar-refractivity contribution is 0.229. The molecule has 0 aliphatic heterocycles. The first kappa shape index (κ1) is 10.8. The van der Waals surface area contributed by atoms with Crippen LogP contribution >= 0.6 is 0 Å². The fourth-order valence-corrected chi connectivity index (χ4v) is 1.77. The van der Waals surface area contributed by atoms with E-state index in [-0.39, 0.29) is 0 Å². The number of para-hydroxylation sites is 1. The highest BCUT2D eigenvalue weighted by molar-refractivity contribution is 5.82. The van der Waals surface area contributed by atoms with Crippen LogP contribution in [0, 0.1) is 0 Å². The molecule has 82 valence electrons. The molecule has 2 heteroatoms. The third-order valence-corrected chi connectivity index (χ3v) is 2.47. The van der Waals surface area contributed by atoms with Crippen molar-refractivity contribution in [3.8, 4) is 0 Å². The van der Waals surface area contributed by atoms with Crippen LogP contribution in [0.4, 0.5) is 0 Å². The minimum absolute atomic E-state index is 0.580. The average Bonchev–Trinajstić information content (AvgIpc) is 2.27. The predicted octanol–water partition coefficient (Wildman–Crippen LogP) is 3.23. The second-order valence-electron chi connectivity index (χ2n) is 4.11. The van der Waals surface area contributed by atoms with Gasteiger partial charge in [0.05, 0.1) is 11.6 Å². The number of allylic oxidation sites excluding steroid dienone is 1. The number of rotatable bonds is 2. The largest absolute Gasteiger partial charge is 0.384 e. The van der Waals surface area contributed by atoms with Crippen LogP contribution in [0.5, 0.6) is 0 Å². The average molecular weight is 213 g/mol. The van der Waals surface area contributed by atoms with Crippen molar-refractivity contribution < 1.29 is 5.11 Å². The van der Waals surface area contributed by atoms with Crippen LogP contribution < -0.4 is 0 Å². The Morgan fingerprint density at radius 1 is 1.25 bits per heavy atom. The molecular formula is C14H15NO. The normalized spacial score (nSPS) is 12.4. The van der Waals surface area contributed by atoms with E-state index in [0.717, 1.165) is 22.0 Å². The van der Waals surface area contributed by atoms with Gasteiger partial charge in [-0.3, -0.25) is 4.98 Å². The van der Waals surface area contributed by atoms with E-state index in [9.17, 15) is 5.11 Å². The van der Waals surface area contributed by atoms with Gasteiger partial charge in [0.2, 0.25) is 0 Å². The summed E-state index contributed by atoms with van der Waals surface area (Å²) in [7, 11) is 0. The zero-order chi connectivity index (χ0) is 11.5. The van der Waals surface area contributed by atoms with Gasteiger partial charge in [-0.2, -0.15) is 0 Å². The molecule has 0 aliphatic carbocycles. The number of hydrogen-bond donors (Lipinski definition) is 1. The summed E-state index contributed by atoms with van der Waals surface area (Å²) in [5.41, 5.74) is 2.83. The summed E-state index contributed by atoms with van der Waals surface area (Å²) < 4.78 is 0. The Balaban J connectivity index is 2.56. The van der Waals surface area contributed by atoms with E-state index in [0.29, 0.717) is 0 Å². The van der Waals surface area contributed by atoms with Crippen molar-refractivity contribution in [3.05, 3.63) is 53.7 Å². The number of fused-ring (bicyclic) bond motifs is 1. The van der Waals surface area contributed by atoms with E-state index in [1.807, 2.05) is 50.3 Å². The Morgan fingerprint density at radius 3 is 2.75 bits per heavy atom. The van der Waals surface area contributed by atoms with Crippen LogP contribution in [0.15, 0.2) is 48.2 Å². The Hall–Kier alpha value is -1.67. The van der Waals surface area contributed by atoms with Crippen LogP contribution in [0.3, 0.4) is 0 Å². The summed E-state index contributed by atoms with van der Waals surface area (Å²) in [5.74, 6) is 0. The first-order chi connectivity index (χ1) is 7.68. The number of benzene rings is 1. The summed E-state index contributed by atoms with van der Waals surface area (Å²) in [6, 6.07) is 9.77. The Morgan fingerprint density at radius 2 is 2.00 bits per heavy atom. The maximum atomic E-state index is 10.1. The van der Waals surface area contributed by atoms with Gasteiger partial charge in [0.25, 0.3) is 0 Å². The zero-order valence-electron chi connectivity index (χ0n) is 9.51. The number of pyridine rings is 1. The van der Waals surface area contributed by atoms with Crippen LogP contribution in [0.2, 0.25) is 0 Å². The van der Waals surface area contributed by atoms with E-state index in [2.05, 4.69) is 4.98 Å². The summed E-state index contributed by atoms with van der Waals surface area (Å²) >= 11 is 0. The summed E-state index contributed by atoms with van der Waals surface area (Å²) in [6.07, 6.45) is 3.01. The van der Waals surface area contributed by atoms with Gasteiger partial charge in [-0.05, 0) is 19.9 Å². The molecule has 0 bridgehead atoms. The van der Waals surface area contributed by atoms with E-state index >= 15 is 0 Å². The molecule has 1 aromatic carbocycles. The van der Waals surface area contributed by atoms with Gasteiger partial charge in [0.1, 0.15) is 0 Å². The van der Waals surface area contributed by atoms with E-state index < -0.39 is 6.10 Å². The van der Waals surface area contributed by atoms with Gasteiger partial charge >= 0.3 is 0 Å². The van der Waals surface area contributed by atoms with Crippen LogP contribution in [0.1, 0.15) is 25.5 Å². The van der Waals surface area contributed by atoms with Crippen molar-refractivity contribution in [2.24, 2.45) is 0 Å². The quantitative estimate of drug-likeness (QED) is 0.777. The Bertz CT molecular complexity index is 522. The van der Waals surface area contributed by atoms with E-state index in [4.69, 9.17) is 0 Å². The van der Waals surface area contributed by atoms with Crippen molar-refractivity contribution in [2.45, 2.75) is 20.0 Å². The van der Waals surface area contributed by atoms with E-state index in [1.54, 1.807) is 6.20 Å². The van der Waals surface area contributed by atoms with Gasteiger partial charge in [0.15, 0.2) is 0 Å². The van der Waals surface area contributed by atoms with Crippen molar-refractivity contribution in [1.29, 1.82) is 0 Å². The van der Waals surface area contributed by atoms with Gasteiger partial charge in [-0.1, -0.05) is 35.9 Å². The summed E-state index contributed by atoms with van der Waals surface area (Å²) in [6.45, 7) is 3.95. The molecule has 1 aromatic heterocycles. The van der Waals surface area contributed by atoms with Crippen LogP contribution in [0.25, 0.3) is 10.9 Å². The molecule has 2 rings (SSSR count). The molecule has 0 fully saturated rings. The third-order valence-electron chi connectivity index (χ3n) is 2.47. The Labute approximate surface area is 95.3 Å². The lowest BCUT2D eigenvalue weighted by atomic mass is 10.0. The van der Waals surface area contributed by atoms with Gasteiger partial charge < -0.3 is 5.11 Å². The minimum Gasteiger partial charge on any atom is -0.384 e. The summed E-state index contributed by atoms with van der Waals surface area (Å²) in [4.78, 5) is 4.32. The lowest BCUT2D eigenvalue weighted by Crippen LogP contribution is -1.96.